The number of nitrogens with one attached hydrogen (secondary N) is 2. The Balaban J connectivity index is 1.73. The van der Waals surface area contributed by atoms with Crippen molar-refractivity contribution < 1.29 is 24.2 Å². The zero-order chi connectivity index (χ0) is 24.9. The van der Waals surface area contributed by atoms with E-state index in [2.05, 4.69) is 10.6 Å². The summed E-state index contributed by atoms with van der Waals surface area (Å²) in [6.07, 6.45) is 0.515. The molecule has 1 aliphatic rings. The predicted molar refractivity (Wildman–Crippen MR) is 132 cm³/mol. The van der Waals surface area contributed by atoms with Crippen LogP contribution in [0.1, 0.15) is 49.8 Å². The molecule has 2 amide bonds. The number of fused-ring (bicyclic) bond motifs is 1. The van der Waals surface area contributed by atoms with Gasteiger partial charge in [-0.25, -0.2) is 9.59 Å². The predicted octanol–water partition coefficient (Wildman–Crippen LogP) is 5.81. The van der Waals surface area contributed by atoms with Gasteiger partial charge in [0.05, 0.1) is 16.6 Å². The minimum atomic E-state index is -1.05. The van der Waals surface area contributed by atoms with E-state index in [9.17, 15) is 14.7 Å². The molecular weight excluding hydrogens is 479 g/mol. The van der Waals surface area contributed by atoms with Gasteiger partial charge in [-0.15, -0.1) is 0 Å². The number of carboxylic acid groups (broad SMARTS) is 1. The van der Waals surface area contributed by atoms with Crippen molar-refractivity contribution in [3.63, 3.8) is 0 Å². The largest absolute Gasteiger partial charge is 0.492 e. The van der Waals surface area contributed by atoms with Crippen molar-refractivity contribution >= 4 is 35.4 Å². The van der Waals surface area contributed by atoms with Crippen LogP contribution >= 0.6 is 23.2 Å². The van der Waals surface area contributed by atoms with Crippen molar-refractivity contribution in [3.05, 3.63) is 63.1 Å². The molecule has 1 aliphatic carbocycles. The first-order valence-electron chi connectivity index (χ1n) is 11.2. The van der Waals surface area contributed by atoms with E-state index < -0.39 is 17.8 Å². The molecule has 0 heterocycles. The summed E-state index contributed by atoms with van der Waals surface area (Å²) in [5.41, 5.74) is 2.60. The first kappa shape index (κ1) is 26.0. The molecule has 0 bridgehead atoms. The van der Waals surface area contributed by atoms with Crippen LogP contribution in [-0.4, -0.2) is 42.1 Å². The van der Waals surface area contributed by atoms with E-state index in [0.717, 1.165) is 23.1 Å². The van der Waals surface area contributed by atoms with Gasteiger partial charge in [0.2, 0.25) is 0 Å². The normalized spacial score (nSPS) is 17.4. The monoisotopic (exact) mass is 508 g/mol. The third-order valence-corrected chi connectivity index (χ3v) is 6.25. The number of halogens is 2. The molecule has 2 atom stereocenters. The van der Waals surface area contributed by atoms with Crippen LogP contribution in [0.15, 0.2) is 36.4 Å². The highest BCUT2D eigenvalue weighted by molar-refractivity contribution is 6.42. The molecule has 3 rings (SSSR count). The number of hydrogen-bond acceptors (Lipinski definition) is 4. The topological polar surface area (TPSA) is 96.9 Å². The number of carbonyl (C=O) groups is 2. The van der Waals surface area contributed by atoms with Gasteiger partial charge in [-0.3, -0.25) is 0 Å². The maximum atomic E-state index is 11.8. The standard InChI is InChI=1S/C25H30Cl2N2O5/c1-25(2,3)34-24(32)28-10-11-33-17-7-5-16-6-9-22(29-23(30)31)19(18(16)14-17)12-15-4-8-20(26)21(27)13-15/h4-5,7-8,13-14,19,22,29H,6,9-12H2,1-3H3,(H,28,32)(H,30,31). The zero-order valence-corrected chi connectivity index (χ0v) is 21.0. The van der Waals surface area contributed by atoms with Crippen LogP contribution in [0.5, 0.6) is 5.75 Å². The van der Waals surface area contributed by atoms with Crippen molar-refractivity contribution in [1.29, 1.82) is 0 Å². The summed E-state index contributed by atoms with van der Waals surface area (Å²) in [4.78, 5) is 23.2. The third-order valence-electron chi connectivity index (χ3n) is 5.51. The van der Waals surface area contributed by atoms with Gasteiger partial charge in [0, 0.05) is 12.0 Å². The Hall–Kier alpha value is -2.64. The summed E-state index contributed by atoms with van der Waals surface area (Å²) in [5.74, 6) is 0.556. The molecule has 0 aliphatic heterocycles. The molecule has 2 unspecified atom stereocenters. The summed E-state index contributed by atoms with van der Waals surface area (Å²) in [7, 11) is 0. The summed E-state index contributed by atoms with van der Waals surface area (Å²) >= 11 is 12.3. The molecule has 34 heavy (non-hydrogen) atoms. The van der Waals surface area contributed by atoms with E-state index in [1.54, 1.807) is 26.8 Å². The van der Waals surface area contributed by atoms with Crippen molar-refractivity contribution in [3.8, 4) is 5.75 Å². The number of benzene rings is 2. The van der Waals surface area contributed by atoms with E-state index in [1.807, 2.05) is 30.3 Å². The molecule has 0 radical (unpaired) electrons. The second-order valence-electron chi connectivity index (χ2n) is 9.29. The molecule has 7 nitrogen and oxygen atoms in total. The fourth-order valence-corrected chi connectivity index (χ4v) is 4.43. The smallest absolute Gasteiger partial charge is 0.407 e. The number of rotatable bonds is 7. The van der Waals surface area contributed by atoms with Gasteiger partial charge >= 0.3 is 12.2 Å². The molecule has 3 N–H and O–H groups in total. The first-order chi connectivity index (χ1) is 16.0. The lowest BCUT2D eigenvalue weighted by molar-refractivity contribution is 0.0520. The maximum Gasteiger partial charge on any atom is 0.407 e. The number of aryl methyl sites for hydroxylation is 1. The zero-order valence-electron chi connectivity index (χ0n) is 19.5. The Morgan fingerprint density at radius 1 is 1.12 bits per heavy atom. The highest BCUT2D eigenvalue weighted by Crippen LogP contribution is 2.37. The van der Waals surface area contributed by atoms with Gasteiger partial charge in [-0.05, 0) is 81.0 Å². The lowest BCUT2D eigenvalue weighted by Crippen LogP contribution is -2.42. The number of ether oxygens (including phenoxy) is 2. The molecular formula is C25H30Cl2N2O5. The molecule has 0 saturated heterocycles. The quantitative estimate of drug-likeness (QED) is 0.410. The molecule has 2 aromatic carbocycles. The molecule has 0 aromatic heterocycles. The molecule has 2 aromatic rings. The van der Waals surface area contributed by atoms with Gasteiger partial charge in [0.1, 0.15) is 18.0 Å². The van der Waals surface area contributed by atoms with Crippen molar-refractivity contribution in [2.45, 2.75) is 57.6 Å². The van der Waals surface area contributed by atoms with Crippen LogP contribution in [0.4, 0.5) is 9.59 Å². The van der Waals surface area contributed by atoms with Crippen molar-refractivity contribution in [2.24, 2.45) is 0 Å². The Morgan fingerprint density at radius 2 is 1.88 bits per heavy atom. The van der Waals surface area contributed by atoms with E-state index >= 15 is 0 Å². The Labute approximate surface area is 209 Å². The average Bonchev–Trinajstić information content (AvgIpc) is 2.74. The van der Waals surface area contributed by atoms with Crippen molar-refractivity contribution in [1.82, 2.24) is 10.6 Å². The average molecular weight is 509 g/mol. The van der Waals surface area contributed by atoms with Crippen LogP contribution < -0.4 is 15.4 Å². The van der Waals surface area contributed by atoms with E-state index in [1.165, 1.54) is 0 Å². The summed E-state index contributed by atoms with van der Waals surface area (Å²) < 4.78 is 11.1. The fourth-order valence-electron chi connectivity index (χ4n) is 4.10. The van der Waals surface area contributed by atoms with Crippen LogP contribution in [0.3, 0.4) is 0 Å². The van der Waals surface area contributed by atoms with E-state index in [0.29, 0.717) is 35.2 Å². The number of hydrogen-bond donors (Lipinski definition) is 3. The number of carbonyl (C=O) groups excluding carboxylic acids is 1. The lowest BCUT2D eigenvalue weighted by atomic mass is 9.76. The summed E-state index contributed by atoms with van der Waals surface area (Å²) in [5, 5.41) is 15.7. The second kappa shape index (κ2) is 11.2. The minimum absolute atomic E-state index is 0.0967. The van der Waals surface area contributed by atoms with Gasteiger partial charge in [0.15, 0.2) is 0 Å². The molecule has 9 heteroatoms. The summed E-state index contributed by atoms with van der Waals surface area (Å²) in [6, 6.07) is 11.1. The SMILES string of the molecule is CC(C)(C)OC(=O)NCCOc1ccc2c(c1)C(Cc1ccc(Cl)c(Cl)c1)C(NC(=O)O)CC2. The molecule has 0 saturated carbocycles. The van der Waals surface area contributed by atoms with Crippen LogP contribution in [-0.2, 0) is 17.6 Å². The second-order valence-corrected chi connectivity index (χ2v) is 10.1. The Kier molecular flexibility index (Phi) is 8.55. The number of alkyl carbamates (subject to hydrolysis) is 1. The maximum absolute atomic E-state index is 11.8. The van der Waals surface area contributed by atoms with Gasteiger partial charge in [-0.1, -0.05) is 35.3 Å². The highest BCUT2D eigenvalue weighted by atomic mass is 35.5. The van der Waals surface area contributed by atoms with Gasteiger partial charge < -0.3 is 25.2 Å². The molecule has 0 spiro atoms. The lowest BCUT2D eigenvalue weighted by Gasteiger charge is -2.34. The fraction of sp³-hybridized carbons (Fsp3) is 0.440. The van der Waals surface area contributed by atoms with Gasteiger partial charge in [0.25, 0.3) is 0 Å². The van der Waals surface area contributed by atoms with E-state index in [-0.39, 0.29) is 18.6 Å². The third kappa shape index (κ3) is 7.43. The van der Waals surface area contributed by atoms with Crippen molar-refractivity contribution in [2.75, 3.05) is 13.2 Å². The molecule has 184 valence electrons. The molecule has 0 fully saturated rings. The highest BCUT2D eigenvalue weighted by Gasteiger charge is 2.31. The minimum Gasteiger partial charge on any atom is -0.492 e. The van der Waals surface area contributed by atoms with Gasteiger partial charge in [-0.2, -0.15) is 0 Å². The summed E-state index contributed by atoms with van der Waals surface area (Å²) in [6.45, 7) is 5.97. The van der Waals surface area contributed by atoms with Crippen LogP contribution in [0.2, 0.25) is 10.0 Å². The Bertz CT molecular complexity index is 1040. The Morgan fingerprint density at radius 3 is 2.56 bits per heavy atom. The van der Waals surface area contributed by atoms with Crippen LogP contribution in [0.25, 0.3) is 0 Å². The number of amides is 2. The first-order valence-corrected chi connectivity index (χ1v) is 11.9. The van der Waals surface area contributed by atoms with E-state index in [4.69, 9.17) is 32.7 Å². The van der Waals surface area contributed by atoms with Crippen LogP contribution in [0, 0.1) is 0 Å².